The molecule has 1 rings (SSSR count). The number of nitrogens with one attached hydrogen (secondary N) is 1. The van der Waals surface area contributed by atoms with Crippen LogP contribution in [0.3, 0.4) is 0 Å². The molecular weight excluding hydrogens is 202 g/mol. The summed E-state index contributed by atoms with van der Waals surface area (Å²) < 4.78 is 10.9. The lowest BCUT2D eigenvalue weighted by molar-refractivity contribution is 0.102. The van der Waals surface area contributed by atoms with Crippen molar-refractivity contribution in [3.8, 4) is 5.75 Å². The fraction of sp³-hybridized carbons (Fsp3) is 0.538. The van der Waals surface area contributed by atoms with Gasteiger partial charge in [-0.05, 0) is 25.1 Å². The maximum atomic E-state index is 5.49. The van der Waals surface area contributed by atoms with E-state index < -0.39 is 0 Å². The van der Waals surface area contributed by atoms with Crippen LogP contribution in [-0.2, 0) is 4.74 Å². The maximum Gasteiger partial charge on any atom is 0.119 e. The molecule has 90 valence electrons. The Hall–Kier alpha value is -1.06. The van der Waals surface area contributed by atoms with Crippen molar-refractivity contribution >= 4 is 0 Å². The Morgan fingerprint density at radius 2 is 1.81 bits per heavy atom. The van der Waals surface area contributed by atoms with E-state index in [1.807, 2.05) is 30.3 Å². The Bertz CT molecular complexity index is 251. The topological polar surface area (TPSA) is 30.5 Å². The highest BCUT2D eigenvalue weighted by Crippen LogP contribution is 2.07. The van der Waals surface area contributed by atoms with Crippen LogP contribution in [0.1, 0.15) is 13.3 Å². The van der Waals surface area contributed by atoms with Gasteiger partial charge in [0, 0.05) is 6.54 Å². The van der Waals surface area contributed by atoms with E-state index >= 15 is 0 Å². The number of benzene rings is 1. The molecule has 1 N–H and O–H groups in total. The first kappa shape index (κ1) is 13.0. The van der Waals surface area contributed by atoms with Crippen LogP contribution in [0.5, 0.6) is 5.75 Å². The average Bonchev–Trinajstić information content (AvgIpc) is 2.34. The molecule has 0 aliphatic carbocycles. The van der Waals surface area contributed by atoms with Crippen LogP contribution >= 0.6 is 0 Å². The zero-order valence-corrected chi connectivity index (χ0v) is 9.95. The minimum Gasteiger partial charge on any atom is -0.491 e. The van der Waals surface area contributed by atoms with Gasteiger partial charge in [-0.15, -0.1) is 0 Å². The molecule has 3 nitrogen and oxygen atoms in total. The van der Waals surface area contributed by atoms with Crippen LogP contribution < -0.4 is 10.1 Å². The number of hydrogen-bond acceptors (Lipinski definition) is 3. The van der Waals surface area contributed by atoms with E-state index in [-0.39, 0.29) is 0 Å². The van der Waals surface area contributed by atoms with E-state index in [1.54, 1.807) is 0 Å². The fourth-order valence-corrected chi connectivity index (χ4v) is 1.28. The molecule has 0 radical (unpaired) electrons. The Kier molecular flexibility index (Phi) is 7.47. The minimum absolute atomic E-state index is 0.609. The molecular formula is C13H21NO2. The molecule has 0 atom stereocenters. The molecule has 16 heavy (non-hydrogen) atoms. The van der Waals surface area contributed by atoms with Gasteiger partial charge < -0.3 is 14.8 Å². The monoisotopic (exact) mass is 223 g/mol. The fourth-order valence-electron chi connectivity index (χ4n) is 1.28. The van der Waals surface area contributed by atoms with E-state index in [2.05, 4.69) is 12.2 Å². The smallest absolute Gasteiger partial charge is 0.119 e. The summed E-state index contributed by atoms with van der Waals surface area (Å²) in [4.78, 5) is 0. The molecule has 0 saturated heterocycles. The lowest BCUT2D eigenvalue weighted by Gasteiger charge is -2.07. The van der Waals surface area contributed by atoms with E-state index in [1.165, 1.54) is 0 Å². The van der Waals surface area contributed by atoms with Crippen molar-refractivity contribution in [2.75, 3.05) is 32.9 Å². The van der Waals surface area contributed by atoms with Gasteiger partial charge >= 0.3 is 0 Å². The second-order valence-corrected chi connectivity index (χ2v) is 3.52. The Balaban J connectivity index is 1.89. The molecule has 0 aliphatic heterocycles. The van der Waals surface area contributed by atoms with Crippen molar-refractivity contribution in [1.29, 1.82) is 0 Å². The van der Waals surface area contributed by atoms with E-state index in [9.17, 15) is 0 Å². The van der Waals surface area contributed by atoms with Crippen molar-refractivity contribution in [2.24, 2.45) is 0 Å². The molecule has 1 aromatic carbocycles. The summed E-state index contributed by atoms with van der Waals surface area (Å²) in [6.07, 6.45) is 1.16. The first-order valence-corrected chi connectivity index (χ1v) is 5.90. The zero-order chi connectivity index (χ0) is 11.5. The van der Waals surface area contributed by atoms with Gasteiger partial charge in [0.25, 0.3) is 0 Å². The molecule has 0 fully saturated rings. The van der Waals surface area contributed by atoms with Gasteiger partial charge in [-0.1, -0.05) is 25.1 Å². The largest absolute Gasteiger partial charge is 0.491 e. The first-order chi connectivity index (χ1) is 7.93. The van der Waals surface area contributed by atoms with Crippen LogP contribution in [0, 0.1) is 0 Å². The van der Waals surface area contributed by atoms with Crippen molar-refractivity contribution in [3.05, 3.63) is 30.3 Å². The minimum atomic E-state index is 0.609. The lowest BCUT2D eigenvalue weighted by Crippen LogP contribution is -2.21. The number of rotatable bonds is 9. The Labute approximate surface area is 97.8 Å². The van der Waals surface area contributed by atoms with Gasteiger partial charge in [-0.3, -0.25) is 0 Å². The standard InChI is InChI=1S/C13H21NO2/c1-2-8-14-9-10-15-11-12-16-13-6-4-3-5-7-13/h3-7,14H,2,8-12H2,1H3. The molecule has 0 saturated carbocycles. The van der Waals surface area contributed by atoms with Crippen LogP contribution in [-0.4, -0.2) is 32.9 Å². The molecule has 0 amide bonds. The summed E-state index contributed by atoms with van der Waals surface area (Å²) in [5.74, 6) is 0.898. The highest BCUT2D eigenvalue weighted by atomic mass is 16.5. The highest BCUT2D eigenvalue weighted by molar-refractivity contribution is 5.20. The van der Waals surface area contributed by atoms with Gasteiger partial charge in [0.1, 0.15) is 12.4 Å². The van der Waals surface area contributed by atoms with Crippen molar-refractivity contribution in [2.45, 2.75) is 13.3 Å². The summed E-state index contributed by atoms with van der Waals surface area (Å²) in [5, 5.41) is 3.28. The van der Waals surface area contributed by atoms with E-state index in [0.29, 0.717) is 13.2 Å². The second kappa shape index (κ2) is 9.19. The number of para-hydroxylation sites is 1. The predicted octanol–water partition coefficient (Wildman–Crippen LogP) is 2.08. The Morgan fingerprint density at radius 1 is 1.00 bits per heavy atom. The number of hydrogen-bond donors (Lipinski definition) is 1. The molecule has 0 aliphatic rings. The Morgan fingerprint density at radius 3 is 2.56 bits per heavy atom. The van der Waals surface area contributed by atoms with Crippen LogP contribution in [0.4, 0.5) is 0 Å². The molecule has 0 spiro atoms. The SMILES string of the molecule is CCCNCCOCCOc1ccccc1. The third-order valence-electron chi connectivity index (χ3n) is 2.09. The van der Waals surface area contributed by atoms with Crippen LogP contribution in [0.15, 0.2) is 30.3 Å². The summed E-state index contributed by atoms with van der Waals surface area (Å²) in [6.45, 7) is 6.13. The zero-order valence-electron chi connectivity index (χ0n) is 9.95. The molecule has 0 heterocycles. The maximum absolute atomic E-state index is 5.49. The van der Waals surface area contributed by atoms with Gasteiger partial charge in [0.2, 0.25) is 0 Å². The average molecular weight is 223 g/mol. The molecule has 1 aromatic rings. The van der Waals surface area contributed by atoms with Crippen LogP contribution in [0.2, 0.25) is 0 Å². The molecule has 0 aromatic heterocycles. The van der Waals surface area contributed by atoms with Gasteiger partial charge in [0.15, 0.2) is 0 Å². The lowest BCUT2D eigenvalue weighted by atomic mass is 10.3. The third kappa shape index (κ3) is 6.43. The van der Waals surface area contributed by atoms with E-state index in [4.69, 9.17) is 9.47 Å². The summed E-state index contributed by atoms with van der Waals surface area (Å²) in [5.41, 5.74) is 0. The molecule has 0 bridgehead atoms. The summed E-state index contributed by atoms with van der Waals surface area (Å²) in [7, 11) is 0. The number of ether oxygens (including phenoxy) is 2. The molecule has 0 unspecified atom stereocenters. The normalized spacial score (nSPS) is 10.3. The van der Waals surface area contributed by atoms with Crippen molar-refractivity contribution in [3.63, 3.8) is 0 Å². The van der Waals surface area contributed by atoms with Crippen LogP contribution in [0.25, 0.3) is 0 Å². The summed E-state index contributed by atoms with van der Waals surface area (Å²) in [6, 6.07) is 9.80. The predicted molar refractivity (Wildman–Crippen MR) is 65.9 cm³/mol. The van der Waals surface area contributed by atoms with Crippen molar-refractivity contribution < 1.29 is 9.47 Å². The van der Waals surface area contributed by atoms with Gasteiger partial charge in [0.05, 0.1) is 13.2 Å². The van der Waals surface area contributed by atoms with Gasteiger partial charge in [-0.2, -0.15) is 0 Å². The van der Waals surface area contributed by atoms with Gasteiger partial charge in [-0.25, -0.2) is 0 Å². The quantitative estimate of drug-likeness (QED) is 0.650. The first-order valence-electron chi connectivity index (χ1n) is 5.90. The van der Waals surface area contributed by atoms with E-state index in [0.717, 1.165) is 31.9 Å². The second-order valence-electron chi connectivity index (χ2n) is 3.52. The third-order valence-corrected chi connectivity index (χ3v) is 2.09. The van der Waals surface area contributed by atoms with Crippen molar-refractivity contribution in [1.82, 2.24) is 5.32 Å². The molecule has 3 heteroatoms. The highest BCUT2D eigenvalue weighted by Gasteiger charge is 1.92. The summed E-state index contributed by atoms with van der Waals surface area (Å²) >= 11 is 0.